The zero-order valence-corrected chi connectivity index (χ0v) is 19.5. The van der Waals surface area contributed by atoms with Crippen molar-refractivity contribution in [3.05, 3.63) is 122 Å². The molecule has 7 heteroatoms. The number of amides is 1. The highest BCUT2D eigenvalue weighted by molar-refractivity contribution is 9.10. The second kappa shape index (κ2) is 8.91. The van der Waals surface area contributed by atoms with Gasteiger partial charge >= 0.3 is 0 Å². The number of fused-ring (bicyclic) bond motifs is 2. The number of benzene rings is 3. The van der Waals surface area contributed by atoms with Crippen LogP contribution in [0.5, 0.6) is 5.75 Å². The van der Waals surface area contributed by atoms with E-state index in [1.54, 1.807) is 53.4 Å². The van der Waals surface area contributed by atoms with Crippen LogP contribution in [0.1, 0.15) is 33.3 Å². The molecule has 1 amide bonds. The monoisotopic (exact) mass is 519 g/mol. The Balaban J connectivity index is 1.69. The van der Waals surface area contributed by atoms with Gasteiger partial charge in [-0.2, -0.15) is 0 Å². The molecule has 1 unspecified atom stereocenters. The molecule has 0 spiro atoms. The molecule has 0 saturated carbocycles. The molecule has 1 aliphatic heterocycles. The van der Waals surface area contributed by atoms with Crippen molar-refractivity contribution in [1.29, 1.82) is 0 Å². The van der Waals surface area contributed by atoms with Gasteiger partial charge in [0.15, 0.2) is 5.43 Å². The van der Waals surface area contributed by atoms with E-state index < -0.39 is 11.9 Å². The van der Waals surface area contributed by atoms with E-state index in [1.165, 1.54) is 12.1 Å². The molecule has 0 N–H and O–H groups in total. The third-order valence-electron chi connectivity index (χ3n) is 5.74. The van der Waals surface area contributed by atoms with Crippen LogP contribution in [0.4, 0.5) is 4.39 Å². The highest BCUT2D eigenvalue weighted by Gasteiger charge is 2.42. The molecule has 1 aromatic heterocycles. The van der Waals surface area contributed by atoms with E-state index in [1.807, 2.05) is 12.1 Å². The molecule has 2 heterocycles. The van der Waals surface area contributed by atoms with Gasteiger partial charge in [0.2, 0.25) is 5.76 Å². The smallest absolute Gasteiger partial charge is 0.291 e. The van der Waals surface area contributed by atoms with Crippen LogP contribution < -0.4 is 10.2 Å². The van der Waals surface area contributed by atoms with Crippen molar-refractivity contribution in [2.45, 2.75) is 12.6 Å². The van der Waals surface area contributed by atoms with Gasteiger partial charge in [0.05, 0.1) is 17.0 Å². The summed E-state index contributed by atoms with van der Waals surface area (Å²) in [5.41, 5.74) is 1.78. The summed E-state index contributed by atoms with van der Waals surface area (Å²) in [6.45, 7) is 4.16. The molecule has 0 fully saturated rings. The van der Waals surface area contributed by atoms with Crippen molar-refractivity contribution < 1.29 is 18.3 Å². The third-order valence-corrected chi connectivity index (χ3v) is 6.23. The number of carbonyl (C=O) groups is 1. The van der Waals surface area contributed by atoms with Crippen LogP contribution in [0.2, 0.25) is 0 Å². The predicted molar refractivity (Wildman–Crippen MR) is 130 cm³/mol. The van der Waals surface area contributed by atoms with Crippen LogP contribution in [-0.2, 0) is 6.54 Å². The molecule has 5 nitrogen and oxygen atoms in total. The van der Waals surface area contributed by atoms with Crippen LogP contribution in [0.25, 0.3) is 11.0 Å². The van der Waals surface area contributed by atoms with E-state index in [0.29, 0.717) is 28.9 Å². The number of halogens is 2. The molecule has 1 atom stereocenters. The number of hydrogen-bond donors (Lipinski definition) is 0. The summed E-state index contributed by atoms with van der Waals surface area (Å²) in [7, 11) is 0. The first-order valence-corrected chi connectivity index (χ1v) is 11.4. The van der Waals surface area contributed by atoms with E-state index in [-0.39, 0.29) is 29.1 Å². The largest absolute Gasteiger partial charge is 0.490 e. The molecule has 3 aromatic carbocycles. The van der Waals surface area contributed by atoms with Gasteiger partial charge in [-0.15, -0.1) is 0 Å². The second-order valence-electron chi connectivity index (χ2n) is 7.95. The second-order valence-corrected chi connectivity index (χ2v) is 8.86. The van der Waals surface area contributed by atoms with Gasteiger partial charge in [-0.3, -0.25) is 9.59 Å². The van der Waals surface area contributed by atoms with Crippen LogP contribution in [0.15, 0.2) is 93.1 Å². The van der Waals surface area contributed by atoms with Crippen LogP contribution in [-0.4, -0.2) is 17.4 Å². The molecule has 34 heavy (non-hydrogen) atoms. The quantitative estimate of drug-likeness (QED) is 0.293. The number of carbonyl (C=O) groups excluding carboxylic acids is 1. The minimum Gasteiger partial charge on any atom is -0.490 e. The van der Waals surface area contributed by atoms with Crippen molar-refractivity contribution >= 4 is 32.8 Å². The maximum atomic E-state index is 13.6. The number of nitrogens with zero attached hydrogens (tertiary/aromatic N) is 1. The van der Waals surface area contributed by atoms with Gasteiger partial charge in [0, 0.05) is 11.0 Å². The molecule has 4 aromatic rings. The fourth-order valence-corrected chi connectivity index (χ4v) is 4.58. The summed E-state index contributed by atoms with van der Waals surface area (Å²) in [6, 6.07) is 17.6. The van der Waals surface area contributed by atoms with Gasteiger partial charge in [-0.05, 0) is 53.6 Å². The van der Waals surface area contributed by atoms with Gasteiger partial charge in [0.1, 0.15) is 23.8 Å². The fraction of sp³-hybridized carbons (Fsp3) is 0.111. The molecular weight excluding hydrogens is 501 g/mol. The normalized spacial score (nSPS) is 14.9. The lowest BCUT2D eigenvalue weighted by Gasteiger charge is -2.25. The number of hydrogen-bond acceptors (Lipinski definition) is 4. The summed E-state index contributed by atoms with van der Waals surface area (Å²) in [4.78, 5) is 28.8. The molecule has 5 rings (SSSR count). The number of rotatable bonds is 6. The van der Waals surface area contributed by atoms with E-state index in [0.717, 1.165) is 10.0 Å². The van der Waals surface area contributed by atoms with Gasteiger partial charge < -0.3 is 14.1 Å². The Morgan fingerprint density at radius 2 is 1.88 bits per heavy atom. The average molecular weight is 520 g/mol. The van der Waals surface area contributed by atoms with Crippen LogP contribution >= 0.6 is 15.9 Å². The Labute approximate surface area is 203 Å². The summed E-state index contributed by atoms with van der Waals surface area (Å²) in [5, 5.41) is 0.383. The Morgan fingerprint density at radius 1 is 1.09 bits per heavy atom. The highest BCUT2D eigenvalue weighted by atomic mass is 79.9. The Hall–Kier alpha value is -3.71. The van der Waals surface area contributed by atoms with Crippen molar-refractivity contribution in [3.8, 4) is 5.75 Å². The van der Waals surface area contributed by atoms with E-state index >= 15 is 0 Å². The molecular formula is C27H19BrFNO4. The topological polar surface area (TPSA) is 59.8 Å². The molecule has 1 aliphatic rings. The first-order chi connectivity index (χ1) is 16.5. The van der Waals surface area contributed by atoms with Crippen molar-refractivity contribution in [2.75, 3.05) is 6.61 Å². The van der Waals surface area contributed by atoms with Crippen molar-refractivity contribution in [3.63, 3.8) is 0 Å². The van der Waals surface area contributed by atoms with E-state index in [4.69, 9.17) is 9.15 Å². The van der Waals surface area contributed by atoms with Crippen molar-refractivity contribution in [2.24, 2.45) is 0 Å². The Bertz CT molecular complexity index is 1480. The summed E-state index contributed by atoms with van der Waals surface area (Å²) >= 11 is 3.40. The predicted octanol–water partition coefficient (Wildman–Crippen LogP) is 6.00. The van der Waals surface area contributed by atoms with E-state index in [2.05, 4.69) is 22.5 Å². The first kappa shape index (κ1) is 22.1. The maximum Gasteiger partial charge on any atom is 0.291 e. The summed E-state index contributed by atoms with van der Waals surface area (Å²) in [5.74, 6) is -0.155. The SMILES string of the molecule is C=CCOc1cccc(C2c3c(oc4ccc(Br)cc4c3=O)C(=O)N2Cc2ccc(F)cc2)c1. The Morgan fingerprint density at radius 3 is 2.65 bits per heavy atom. The van der Waals surface area contributed by atoms with Gasteiger partial charge in [-0.1, -0.05) is 52.9 Å². The van der Waals surface area contributed by atoms with Gasteiger partial charge in [0.25, 0.3) is 5.91 Å². The molecule has 170 valence electrons. The Kier molecular flexibility index (Phi) is 5.79. The zero-order chi connectivity index (χ0) is 23.8. The standard InChI is InChI=1S/C27H19BrFNO4/c1-2-12-33-20-5-3-4-17(13-20)24-23-25(31)21-14-18(28)8-11-22(21)34-26(23)27(32)30(24)15-16-6-9-19(29)10-7-16/h2-11,13-14,24H,1,12,15H2. The van der Waals surface area contributed by atoms with Gasteiger partial charge in [-0.25, -0.2) is 4.39 Å². The van der Waals surface area contributed by atoms with Crippen LogP contribution in [0.3, 0.4) is 0 Å². The molecule has 0 bridgehead atoms. The molecule has 0 radical (unpaired) electrons. The maximum absolute atomic E-state index is 13.6. The summed E-state index contributed by atoms with van der Waals surface area (Å²) < 4.78 is 25.8. The highest BCUT2D eigenvalue weighted by Crippen LogP contribution is 2.40. The zero-order valence-electron chi connectivity index (χ0n) is 18.0. The minimum atomic E-state index is -0.695. The van der Waals surface area contributed by atoms with Crippen molar-refractivity contribution in [1.82, 2.24) is 4.90 Å². The van der Waals surface area contributed by atoms with E-state index in [9.17, 15) is 14.0 Å². The third kappa shape index (κ3) is 3.92. The molecule has 0 aliphatic carbocycles. The lowest BCUT2D eigenvalue weighted by molar-refractivity contribution is 0.0714. The summed E-state index contributed by atoms with van der Waals surface area (Å²) in [6.07, 6.45) is 1.64. The first-order valence-electron chi connectivity index (χ1n) is 10.6. The average Bonchev–Trinajstić information content (AvgIpc) is 3.11. The molecule has 0 saturated heterocycles. The van der Waals surface area contributed by atoms with Crippen LogP contribution in [0, 0.1) is 5.82 Å². The fourth-order valence-electron chi connectivity index (χ4n) is 4.22. The lowest BCUT2D eigenvalue weighted by Crippen LogP contribution is -2.29. The minimum absolute atomic E-state index is 0.0179. The number of ether oxygens (including phenoxy) is 1. The lowest BCUT2D eigenvalue weighted by atomic mass is 9.98.